The molecule has 0 N–H and O–H groups in total. The first kappa shape index (κ1) is 17.8. The van der Waals surface area contributed by atoms with Gasteiger partial charge in [-0.3, -0.25) is 4.68 Å². The van der Waals surface area contributed by atoms with Gasteiger partial charge in [0.05, 0.1) is 19.1 Å². The minimum atomic E-state index is -3.22. The molecule has 0 bridgehead atoms. The van der Waals surface area contributed by atoms with Gasteiger partial charge in [-0.1, -0.05) is 0 Å². The van der Waals surface area contributed by atoms with E-state index in [1.165, 1.54) is 10.6 Å². The Morgan fingerprint density at radius 1 is 1.38 bits per heavy atom. The lowest BCUT2D eigenvalue weighted by atomic mass is 9.96. The molecule has 0 amide bonds. The van der Waals surface area contributed by atoms with Crippen LogP contribution in [0.25, 0.3) is 0 Å². The van der Waals surface area contributed by atoms with Crippen molar-refractivity contribution in [3.63, 3.8) is 0 Å². The molecule has 0 saturated carbocycles. The first-order valence-electron chi connectivity index (χ1n) is 8.64. The second-order valence-electron chi connectivity index (χ2n) is 6.70. The minimum Gasteiger partial charge on any atom is -0.381 e. The predicted molar refractivity (Wildman–Crippen MR) is 90.3 cm³/mol. The monoisotopic (exact) mass is 357 g/mol. The second kappa shape index (κ2) is 7.51. The van der Waals surface area contributed by atoms with E-state index in [-0.39, 0.29) is 5.92 Å². The van der Waals surface area contributed by atoms with Crippen molar-refractivity contribution in [3.05, 3.63) is 17.5 Å². The third-order valence-electron chi connectivity index (χ3n) is 4.88. The van der Waals surface area contributed by atoms with E-state index < -0.39 is 10.0 Å². The van der Waals surface area contributed by atoms with Gasteiger partial charge in [-0.2, -0.15) is 9.40 Å². The van der Waals surface area contributed by atoms with Crippen LogP contribution in [0.4, 0.5) is 0 Å². The molecule has 3 rings (SSSR count). The van der Waals surface area contributed by atoms with E-state index in [0.717, 1.165) is 43.9 Å². The summed E-state index contributed by atoms with van der Waals surface area (Å²) in [7, 11) is -3.22. The number of hydrogen-bond donors (Lipinski definition) is 0. The van der Waals surface area contributed by atoms with Crippen molar-refractivity contribution in [2.45, 2.75) is 38.8 Å². The zero-order chi connectivity index (χ0) is 17.2. The van der Waals surface area contributed by atoms with E-state index in [1.54, 1.807) is 0 Å². The maximum Gasteiger partial charge on any atom is 0.211 e. The SMILES string of the molecule is CCOC[C@H]1CN(S(C)(=O)=O)Cc2cnn(CC3CCOCC3)c21. The van der Waals surface area contributed by atoms with Crippen molar-refractivity contribution in [1.82, 2.24) is 14.1 Å². The van der Waals surface area contributed by atoms with Gasteiger partial charge in [0.25, 0.3) is 0 Å². The summed E-state index contributed by atoms with van der Waals surface area (Å²) in [4.78, 5) is 0. The third-order valence-corrected chi connectivity index (χ3v) is 6.10. The van der Waals surface area contributed by atoms with Gasteiger partial charge in [-0.15, -0.1) is 0 Å². The molecule has 0 aromatic carbocycles. The van der Waals surface area contributed by atoms with E-state index >= 15 is 0 Å². The van der Waals surface area contributed by atoms with E-state index in [4.69, 9.17) is 9.47 Å². The molecule has 7 nitrogen and oxygen atoms in total. The Hall–Kier alpha value is -0.960. The maximum absolute atomic E-state index is 12.0. The number of sulfonamides is 1. The molecule has 1 atom stereocenters. The number of hydrogen-bond acceptors (Lipinski definition) is 5. The van der Waals surface area contributed by atoms with Gasteiger partial charge in [-0.05, 0) is 25.7 Å². The highest BCUT2D eigenvalue weighted by atomic mass is 32.2. The summed E-state index contributed by atoms with van der Waals surface area (Å²) >= 11 is 0. The number of aromatic nitrogens is 2. The number of nitrogens with zero attached hydrogens (tertiary/aromatic N) is 3. The molecule has 2 aliphatic rings. The van der Waals surface area contributed by atoms with E-state index in [0.29, 0.717) is 32.2 Å². The fourth-order valence-electron chi connectivity index (χ4n) is 3.58. The van der Waals surface area contributed by atoms with Crippen molar-refractivity contribution >= 4 is 10.0 Å². The fraction of sp³-hybridized carbons (Fsp3) is 0.812. The summed E-state index contributed by atoms with van der Waals surface area (Å²) in [5.41, 5.74) is 2.15. The van der Waals surface area contributed by atoms with Gasteiger partial charge >= 0.3 is 0 Å². The van der Waals surface area contributed by atoms with E-state index in [2.05, 4.69) is 9.78 Å². The van der Waals surface area contributed by atoms with Crippen LogP contribution in [0.2, 0.25) is 0 Å². The van der Waals surface area contributed by atoms with Crippen LogP contribution in [0.3, 0.4) is 0 Å². The van der Waals surface area contributed by atoms with Gasteiger partial charge in [-0.25, -0.2) is 8.42 Å². The normalized spacial score (nSPS) is 23.3. The molecule has 0 aliphatic carbocycles. The fourth-order valence-corrected chi connectivity index (χ4v) is 4.40. The van der Waals surface area contributed by atoms with Crippen molar-refractivity contribution in [3.8, 4) is 0 Å². The van der Waals surface area contributed by atoms with Gasteiger partial charge in [0.15, 0.2) is 0 Å². The Morgan fingerprint density at radius 3 is 2.79 bits per heavy atom. The molecule has 3 heterocycles. The lowest BCUT2D eigenvalue weighted by Crippen LogP contribution is -2.39. The van der Waals surface area contributed by atoms with Crippen LogP contribution in [0, 0.1) is 5.92 Å². The molecule has 0 unspecified atom stereocenters. The van der Waals surface area contributed by atoms with Gasteiger partial charge in [0.2, 0.25) is 10.0 Å². The van der Waals surface area contributed by atoms with Crippen molar-refractivity contribution in [1.29, 1.82) is 0 Å². The molecule has 1 fully saturated rings. The standard InChI is InChI=1S/C16H27N3O4S/c1-3-22-12-15-11-18(24(2,20)21)10-14-8-17-19(16(14)15)9-13-4-6-23-7-5-13/h8,13,15H,3-7,9-12H2,1-2H3/t15-/m1/s1. The third kappa shape index (κ3) is 3.99. The van der Waals surface area contributed by atoms with Gasteiger partial charge in [0.1, 0.15) is 0 Å². The predicted octanol–water partition coefficient (Wildman–Crippen LogP) is 1.20. The van der Waals surface area contributed by atoms with Gasteiger partial charge < -0.3 is 9.47 Å². The van der Waals surface area contributed by atoms with Crippen LogP contribution in [-0.4, -0.2) is 61.7 Å². The summed E-state index contributed by atoms with van der Waals surface area (Å²) in [6.07, 6.45) is 5.20. The lowest BCUT2D eigenvalue weighted by Gasteiger charge is -2.32. The molecule has 1 aromatic rings. The second-order valence-corrected chi connectivity index (χ2v) is 8.69. The van der Waals surface area contributed by atoms with Crippen LogP contribution in [-0.2, 0) is 32.6 Å². The number of rotatable bonds is 6. The average Bonchev–Trinajstić information content (AvgIpc) is 2.96. The minimum absolute atomic E-state index is 0.0331. The number of ether oxygens (including phenoxy) is 2. The molecule has 1 saturated heterocycles. The summed E-state index contributed by atoms with van der Waals surface area (Å²) < 4.78 is 38.6. The first-order valence-corrected chi connectivity index (χ1v) is 10.5. The van der Waals surface area contributed by atoms with E-state index in [9.17, 15) is 8.42 Å². The largest absolute Gasteiger partial charge is 0.381 e. The molecule has 0 radical (unpaired) electrons. The smallest absolute Gasteiger partial charge is 0.211 e. The summed E-state index contributed by atoms with van der Waals surface area (Å²) in [6, 6.07) is 0. The molecule has 24 heavy (non-hydrogen) atoms. The summed E-state index contributed by atoms with van der Waals surface area (Å²) in [6.45, 7) is 6.48. The Bertz CT molecular complexity index is 652. The maximum atomic E-state index is 12.0. The Balaban J connectivity index is 1.83. The highest BCUT2D eigenvalue weighted by Gasteiger charge is 2.34. The highest BCUT2D eigenvalue weighted by molar-refractivity contribution is 7.88. The molecule has 2 aliphatic heterocycles. The van der Waals surface area contributed by atoms with Crippen LogP contribution in [0.1, 0.15) is 36.9 Å². The topological polar surface area (TPSA) is 73.7 Å². The quantitative estimate of drug-likeness (QED) is 0.765. The van der Waals surface area contributed by atoms with Crippen molar-refractivity contribution in [2.75, 3.05) is 39.2 Å². The molecule has 0 spiro atoms. The highest BCUT2D eigenvalue weighted by Crippen LogP contribution is 2.31. The average molecular weight is 357 g/mol. The Labute approximate surface area is 144 Å². The molecule has 8 heteroatoms. The molecular weight excluding hydrogens is 330 g/mol. The summed E-state index contributed by atoms with van der Waals surface area (Å²) in [5.74, 6) is 0.606. The zero-order valence-corrected chi connectivity index (χ0v) is 15.3. The molecule has 136 valence electrons. The van der Waals surface area contributed by atoms with Crippen molar-refractivity contribution in [2.24, 2.45) is 5.92 Å². The Kier molecular flexibility index (Phi) is 5.59. The zero-order valence-electron chi connectivity index (χ0n) is 14.5. The molecule has 1 aromatic heterocycles. The van der Waals surface area contributed by atoms with Gasteiger partial charge in [0, 0.05) is 56.6 Å². The number of fused-ring (bicyclic) bond motifs is 1. The summed E-state index contributed by atoms with van der Waals surface area (Å²) in [5, 5.41) is 4.57. The van der Waals surface area contributed by atoms with Crippen LogP contribution >= 0.6 is 0 Å². The van der Waals surface area contributed by atoms with Crippen LogP contribution in [0.15, 0.2) is 6.20 Å². The Morgan fingerprint density at radius 2 is 2.12 bits per heavy atom. The van der Waals surface area contributed by atoms with Crippen LogP contribution < -0.4 is 0 Å². The molecular formula is C16H27N3O4S. The first-order chi connectivity index (χ1) is 11.5. The lowest BCUT2D eigenvalue weighted by molar-refractivity contribution is 0.0590. The van der Waals surface area contributed by atoms with Crippen LogP contribution in [0.5, 0.6) is 0 Å². The van der Waals surface area contributed by atoms with E-state index in [1.807, 2.05) is 13.1 Å². The van der Waals surface area contributed by atoms with Crippen molar-refractivity contribution < 1.29 is 17.9 Å².